The van der Waals surface area contributed by atoms with Crippen molar-refractivity contribution in [3.63, 3.8) is 0 Å². The molecule has 6 nitrogen and oxygen atoms in total. The lowest BCUT2D eigenvalue weighted by molar-refractivity contribution is -0.119. The number of benzene rings is 2. The monoisotopic (exact) mass is 405 g/mol. The zero-order chi connectivity index (χ0) is 19.0. The summed E-state index contributed by atoms with van der Waals surface area (Å²) in [4.78, 5) is 16.7. The first-order chi connectivity index (χ1) is 13.0. The molecule has 1 aliphatic rings. The second kappa shape index (κ2) is 6.99. The Morgan fingerprint density at radius 3 is 2.70 bits per heavy atom. The molecule has 1 amide bonds. The number of rotatable bonds is 4. The van der Waals surface area contributed by atoms with Crippen molar-refractivity contribution in [2.45, 2.75) is 23.8 Å². The van der Waals surface area contributed by atoms with Crippen molar-refractivity contribution >= 4 is 42.6 Å². The van der Waals surface area contributed by atoms with Crippen LogP contribution in [0.15, 0.2) is 53.4 Å². The first-order valence-corrected chi connectivity index (χ1v) is 10.7. The minimum Gasteiger partial charge on any atom is -0.301 e. The van der Waals surface area contributed by atoms with Crippen LogP contribution in [0.25, 0.3) is 10.2 Å². The van der Waals surface area contributed by atoms with Crippen LogP contribution >= 0.6 is 11.3 Å². The first-order valence-electron chi connectivity index (χ1n) is 8.39. The predicted molar refractivity (Wildman–Crippen MR) is 102 cm³/mol. The largest absolute Gasteiger partial charge is 0.301 e. The molecule has 3 aromatic rings. The highest BCUT2D eigenvalue weighted by Crippen LogP contribution is 2.30. The summed E-state index contributed by atoms with van der Waals surface area (Å²) in [7, 11) is -4.10. The second-order valence-corrected chi connectivity index (χ2v) is 9.07. The van der Waals surface area contributed by atoms with Crippen molar-refractivity contribution in [1.82, 2.24) is 9.29 Å². The molecule has 2 aromatic carbocycles. The molecule has 27 heavy (non-hydrogen) atoms. The van der Waals surface area contributed by atoms with Gasteiger partial charge in [-0.1, -0.05) is 35.6 Å². The zero-order valence-corrected chi connectivity index (χ0v) is 15.8. The number of hydrogen-bond acceptors (Lipinski definition) is 5. The lowest BCUT2D eigenvalue weighted by Crippen LogP contribution is -2.43. The number of sulfonamides is 1. The van der Waals surface area contributed by atoms with E-state index in [0.29, 0.717) is 18.0 Å². The number of carbonyl (C=O) groups is 1. The van der Waals surface area contributed by atoms with Crippen LogP contribution in [-0.4, -0.2) is 36.2 Å². The van der Waals surface area contributed by atoms with Crippen LogP contribution in [0.3, 0.4) is 0 Å². The second-order valence-electron chi connectivity index (χ2n) is 6.18. The molecule has 0 spiro atoms. The molecule has 9 heteroatoms. The quantitative estimate of drug-likeness (QED) is 0.723. The van der Waals surface area contributed by atoms with E-state index in [9.17, 15) is 17.6 Å². The van der Waals surface area contributed by atoms with E-state index in [-0.39, 0.29) is 6.54 Å². The fraction of sp³-hybridized carbons (Fsp3) is 0.222. The minimum atomic E-state index is -4.10. The van der Waals surface area contributed by atoms with Gasteiger partial charge in [-0.2, -0.15) is 4.31 Å². The number of fused-ring (bicyclic) bond motifs is 1. The van der Waals surface area contributed by atoms with E-state index in [2.05, 4.69) is 10.3 Å². The van der Waals surface area contributed by atoms with E-state index in [4.69, 9.17) is 0 Å². The third kappa shape index (κ3) is 3.33. The molecular formula is C18H16FN3O3S2. The Balaban J connectivity index is 1.59. The molecule has 1 unspecified atom stereocenters. The molecule has 1 atom stereocenters. The molecule has 1 fully saturated rings. The molecule has 140 valence electrons. The van der Waals surface area contributed by atoms with Crippen LogP contribution in [0, 0.1) is 5.82 Å². The van der Waals surface area contributed by atoms with Crippen molar-refractivity contribution < 1.29 is 17.6 Å². The molecule has 0 aliphatic carbocycles. The number of amides is 1. The van der Waals surface area contributed by atoms with Crippen LogP contribution in [0.4, 0.5) is 9.52 Å². The molecular weight excluding hydrogens is 389 g/mol. The van der Waals surface area contributed by atoms with Crippen LogP contribution in [0.1, 0.15) is 12.8 Å². The summed E-state index contributed by atoms with van der Waals surface area (Å²) < 4.78 is 41.7. The van der Waals surface area contributed by atoms with Crippen molar-refractivity contribution in [3.05, 3.63) is 54.3 Å². The maximum Gasteiger partial charge on any atom is 0.246 e. The number of halogens is 1. The molecule has 1 N–H and O–H groups in total. The summed E-state index contributed by atoms with van der Waals surface area (Å²) in [5, 5.41) is 3.12. The lowest BCUT2D eigenvalue weighted by Gasteiger charge is -2.23. The highest BCUT2D eigenvalue weighted by Gasteiger charge is 2.40. The summed E-state index contributed by atoms with van der Waals surface area (Å²) >= 11 is 1.32. The third-order valence-electron chi connectivity index (χ3n) is 4.45. The Hall–Kier alpha value is -2.36. The number of nitrogens with one attached hydrogen (secondary N) is 1. The topological polar surface area (TPSA) is 79.4 Å². The molecule has 0 radical (unpaired) electrons. The summed E-state index contributed by atoms with van der Waals surface area (Å²) in [6.45, 7) is 0.175. The smallest absolute Gasteiger partial charge is 0.246 e. The van der Waals surface area contributed by atoms with Gasteiger partial charge in [-0.05, 0) is 37.1 Å². The van der Waals surface area contributed by atoms with Gasteiger partial charge >= 0.3 is 0 Å². The molecule has 4 rings (SSSR count). The Morgan fingerprint density at radius 1 is 1.19 bits per heavy atom. The molecule has 0 bridgehead atoms. The maximum atomic E-state index is 14.0. The van der Waals surface area contributed by atoms with Gasteiger partial charge in [0, 0.05) is 6.54 Å². The standard InChI is InChI=1S/C18H16FN3O3S2/c19-12-6-1-4-10-16(12)27(24,25)22-11-5-8-14(22)17(23)21-18-20-13-7-2-3-9-15(13)26-18/h1-4,6-7,9-10,14H,5,8,11H2,(H,20,21,23). The van der Waals surface area contributed by atoms with Gasteiger partial charge in [-0.25, -0.2) is 17.8 Å². The average molecular weight is 405 g/mol. The number of anilines is 1. The van der Waals surface area contributed by atoms with E-state index < -0.39 is 32.7 Å². The molecule has 1 aliphatic heterocycles. The van der Waals surface area contributed by atoms with Gasteiger partial charge < -0.3 is 5.32 Å². The average Bonchev–Trinajstić information content (AvgIpc) is 3.28. The fourth-order valence-electron chi connectivity index (χ4n) is 3.18. The fourth-order valence-corrected chi connectivity index (χ4v) is 5.78. The van der Waals surface area contributed by atoms with Crippen LogP contribution < -0.4 is 5.32 Å². The van der Waals surface area contributed by atoms with Crippen molar-refractivity contribution in [1.29, 1.82) is 0 Å². The predicted octanol–water partition coefficient (Wildman–Crippen LogP) is 3.23. The number of carbonyl (C=O) groups excluding carboxylic acids is 1. The Bertz CT molecular complexity index is 1080. The maximum absolute atomic E-state index is 14.0. The summed E-state index contributed by atoms with van der Waals surface area (Å²) in [5.41, 5.74) is 0.764. The number of thiazole rings is 1. The van der Waals surface area contributed by atoms with Gasteiger partial charge in [-0.3, -0.25) is 4.79 Å². The Morgan fingerprint density at radius 2 is 1.93 bits per heavy atom. The van der Waals surface area contributed by atoms with Gasteiger partial charge in [-0.15, -0.1) is 0 Å². The Labute approximate surface area is 159 Å². The van der Waals surface area contributed by atoms with Crippen molar-refractivity contribution in [2.24, 2.45) is 0 Å². The van der Waals surface area contributed by atoms with Crippen LogP contribution in [0.5, 0.6) is 0 Å². The highest BCUT2D eigenvalue weighted by molar-refractivity contribution is 7.89. The summed E-state index contributed by atoms with van der Waals surface area (Å²) in [6, 6.07) is 11.8. The van der Waals surface area contributed by atoms with Gasteiger partial charge in [0.25, 0.3) is 0 Å². The number of aromatic nitrogens is 1. The van der Waals surface area contributed by atoms with Crippen LogP contribution in [0.2, 0.25) is 0 Å². The van der Waals surface area contributed by atoms with E-state index in [1.807, 2.05) is 24.3 Å². The molecule has 0 saturated carbocycles. The lowest BCUT2D eigenvalue weighted by atomic mass is 10.2. The molecule has 1 saturated heterocycles. The minimum absolute atomic E-state index is 0.175. The SMILES string of the molecule is O=C(Nc1nc2ccccc2s1)C1CCCN1S(=O)(=O)c1ccccc1F. The third-order valence-corrected chi connectivity index (χ3v) is 7.35. The molecule has 2 heterocycles. The van der Waals surface area contributed by atoms with Gasteiger partial charge in [0.15, 0.2) is 5.13 Å². The van der Waals surface area contributed by atoms with E-state index in [1.54, 1.807) is 0 Å². The van der Waals surface area contributed by atoms with Crippen molar-refractivity contribution in [2.75, 3.05) is 11.9 Å². The summed E-state index contributed by atoms with van der Waals surface area (Å²) in [5.74, 6) is -1.28. The number of para-hydroxylation sites is 1. The van der Waals surface area contributed by atoms with E-state index >= 15 is 0 Å². The van der Waals surface area contributed by atoms with E-state index in [0.717, 1.165) is 20.6 Å². The highest BCUT2D eigenvalue weighted by atomic mass is 32.2. The first kappa shape index (κ1) is 18.0. The number of nitrogens with zero attached hydrogens (tertiary/aromatic N) is 2. The van der Waals surface area contributed by atoms with Gasteiger partial charge in [0.1, 0.15) is 16.8 Å². The van der Waals surface area contributed by atoms with Gasteiger partial charge in [0.05, 0.1) is 10.2 Å². The van der Waals surface area contributed by atoms with Crippen molar-refractivity contribution in [3.8, 4) is 0 Å². The molecule has 1 aromatic heterocycles. The van der Waals surface area contributed by atoms with Gasteiger partial charge in [0.2, 0.25) is 15.9 Å². The van der Waals surface area contributed by atoms with E-state index in [1.165, 1.54) is 29.5 Å². The normalized spacial score (nSPS) is 18.0. The zero-order valence-electron chi connectivity index (χ0n) is 14.1. The number of hydrogen-bond donors (Lipinski definition) is 1. The Kier molecular flexibility index (Phi) is 4.67. The summed E-state index contributed by atoms with van der Waals surface area (Å²) in [6.07, 6.45) is 0.913. The van der Waals surface area contributed by atoms with Crippen LogP contribution in [-0.2, 0) is 14.8 Å².